The Kier molecular flexibility index (Phi) is 7.78. The zero-order chi connectivity index (χ0) is 24.2. The van der Waals surface area contributed by atoms with E-state index in [1.54, 1.807) is 6.20 Å². The number of rotatable bonds is 3. The second-order valence-electron chi connectivity index (χ2n) is 8.46. The number of carboxylic acids is 1. The van der Waals surface area contributed by atoms with Gasteiger partial charge in [-0.3, -0.25) is 9.59 Å². The summed E-state index contributed by atoms with van der Waals surface area (Å²) < 4.78 is 33.6. The highest BCUT2D eigenvalue weighted by atomic mass is 19.4. The van der Waals surface area contributed by atoms with Crippen molar-refractivity contribution in [3.63, 3.8) is 0 Å². The summed E-state index contributed by atoms with van der Waals surface area (Å²) in [6.07, 6.45) is 2.37. The Balaban J connectivity index is 0.000000383. The Morgan fingerprint density at radius 2 is 1.67 bits per heavy atom. The van der Waals surface area contributed by atoms with E-state index in [1.165, 1.54) is 12.8 Å². The van der Waals surface area contributed by atoms with Gasteiger partial charge >= 0.3 is 12.1 Å². The lowest BCUT2D eigenvalue weighted by atomic mass is 10.00. The topological polar surface area (TPSA) is 82.9 Å². The monoisotopic (exact) mass is 467 g/mol. The van der Waals surface area contributed by atoms with Crippen molar-refractivity contribution in [2.45, 2.75) is 44.3 Å². The van der Waals surface area contributed by atoms with Gasteiger partial charge in [0, 0.05) is 37.8 Å². The van der Waals surface area contributed by atoms with Gasteiger partial charge in [0.2, 0.25) is 5.43 Å². The number of carbonyl (C=O) groups is 2. The van der Waals surface area contributed by atoms with E-state index in [9.17, 15) is 22.8 Å². The average Bonchev–Trinajstić information content (AvgIpc) is 3.29. The molecule has 2 aliphatic rings. The summed E-state index contributed by atoms with van der Waals surface area (Å²) in [5.41, 5.74) is 1.02. The molecule has 0 bridgehead atoms. The Hall–Kier alpha value is -2.88. The number of hydrogen-bond donors (Lipinski definition) is 1. The minimum Gasteiger partial charge on any atom is -0.475 e. The van der Waals surface area contributed by atoms with Crippen LogP contribution in [0.5, 0.6) is 0 Å². The predicted molar refractivity (Wildman–Crippen MR) is 117 cm³/mol. The maximum absolute atomic E-state index is 13.3. The van der Waals surface area contributed by atoms with Crippen molar-refractivity contribution in [1.29, 1.82) is 0 Å². The molecule has 10 heteroatoms. The number of halogens is 3. The summed E-state index contributed by atoms with van der Waals surface area (Å²) in [5.74, 6) is -2.85. The van der Waals surface area contributed by atoms with Crippen molar-refractivity contribution in [1.82, 2.24) is 14.4 Å². The van der Waals surface area contributed by atoms with Crippen molar-refractivity contribution in [3.05, 3.63) is 46.2 Å². The maximum atomic E-state index is 13.3. The highest BCUT2D eigenvalue weighted by molar-refractivity contribution is 5.97. The Morgan fingerprint density at radius 1 is 1.06 bits per heavy atom. The second kappa shape index (κ2) is 10.4. The van der Waals surface area contributed by atoms with E-state index >= 15 is 0 Å². The second-order valence-corrected chi connectivity index (χ2v) is 8.46. The van der Waals surface area contributed by atoms with Crippen molar-refractivity contribution >= 4 is 22.8 Å². The van der Waals surface area contributed by atoms with E-state index in [4.69, 9.17) is 9.90 Å². The van der Waals surface area contributed by atoms with Crippen LogP contribution in [0.25, 0.3) is 10.9 Å². The molecule has 1 atom stereocenters. The van der Waals surface area contributed by atoms with Crippen molar-refractivity contribution in [3.8, 4) is 0 Å². The number of likely N-dealkylation sites (tertiary alicyclic amines) is 2. The molecule has 2 aliphatic heterocycles. The summed E-state index contributed by atoms with van der Waals surface area (Å²) in [7, 11) is 1.90. The third kappa shape index (κ3) is 5.93. The van der Waals surface area contributed by atoms with E-state index in [0.29, 0.717) is 10.9 Å². The molecule has 1 unspecified atom stereocenters. The lowest BCUT2D eigenvalue weighted by Crippen LogP contribution is -2.50. The molecular weight excluding hydrogens is 439 g/mol. The van der Waals surface area contributed by atoms with Crippen molar-refractivity contribution in [2.75, 3.05) is 26.2 Å². The number of amides is 1. The number of aliphatic carboxylic acids is 1. The summed E-state index contributed by atoms with van der Waals surface area (Å²) in [4.78, 5) is 39.6. The van der Waals surface area contributed by atoms with Gasteiger partial charge in [-0.05, 0) is 57.3 Å². The van der Waals surface area contributed by atoms with E-state index in [-0.39, 0.29) is 17.4 Å². The van der Waals surface area contributed by atoms with Crippen LogP contribution in [-0.4, -0.2) is 69.7 Å². The number of hydrogen-bond acceptors (Lipinski definition) is 4. The number of pyridine rings is 1. The van der Waals surface area contributed by atoms with Crippen LogP contribution in [0.4, 0.5) is 13.2 Å². The van der Waals surface area contributed by atoms with Gasteiger partial charge in [0.1, 0.15) is 5.56 Å². The first-order valence-corrected chi connectivity index (χ1v) is 11.0. The molecule has 4 rings (SSSR count). The van der Waals surface area contributed by atoms with Crippen LogP contribution in [0.1, 0.15) is 42.5 Å². The van der Waals surface area contributed by atoms with Crippen LogP contribution in [0.15, 0.2) is 35.3 Å². The van der Waals surface area contributed by atoms with Crippen molar-refractivity contribution in [2.24, 2.45) is 7.05 Å². The largest absolute Gasteiger partial charge is 0.490 e. The number of piperidine rings is 1. The van der Waals surface area contributed by atoms with Gasteiger partial charge in [-0.2, -0.15) is 13.2 Å². The fourth-order valence-corrected chi connectivity index (χ4v) is 4.47. The summed E-state index contributed by atoms with van der Waals surface area (Å²) in [5, 5.41) is 7.74. The minimum atomic E-state index is -5.08. The van der Waals surface area contributed by atoms with Gasteiger partial charge in [-0.1, -0.05) is 12.1 Å². The molecule has 7 nitrogen and oxygen atoms in total. The van der Waals surface area contributed by atoms with E-state index in [1.807, 2.05) is 40.8 Å². The Morgan fingerprint density at radius 3 is 2.30 bits per heavy atom. The molecular formula is C23H28F3N3O4. The fourth-order valence-electron chi connectivity index (χ4n) is 4.47. The standard InChI is InChI=1S/C21H27N3O2.C2HF3O2/c1-22-15-18(20(25)17-9-2-3-10-19(17)22)21(26)24-13-5-4-8-16(24)14-23-11-6-7-12-23;3-2(4,5)1(6)7/h2-3,9-10,15-16H,4-8,11-14H2,1H3;(H,6,7). The summed E-state index contributed by atoms with van der Waals surface area (Å²) in [6, 6.07) is 7.73. The lowest BCUT2D eigenvalue weighted by Gasteiger charge is -2.38. The molecule has 1 amide bonds. The normalized spacial score (nSPS) is 19.3. The van der Waals surface area contributed by atoms with Crippen LogP contribution in [0, 0.1) is 0 Å². The number of carbonyl (C=O) groups excluding carboxylic acids is 1. The SMILES string of the molecule is Cn1cc(C(=O)N2CCCCC2CN2CCCC2)c(=O)c2ccccc21.O=C(O)C(F)(F)F. The lowest BCUT2D eigenvalue weighted by molar-refractivity contribution is -0.192. The molecule has 1 aromatic heterocycles. The predicted octanol–water partition coefficient (Wildman–Crippen LogP) is 3.26. The third-order valence-electron chi connectivity index (χ3n) is 6.12. The number of carboxylic acid groups (broad SMARTS) is 1. The molecule has 0 aliphatic carbocycles. The summed E-state index contributed by atoms with van der Waals surface area (Å²) in [6.45, 7) is 3.97. The van der Waals surface area contributed by atoms with E-state index < -0.39 is 12.1 Å². The van der Waals surface area contributed by atoms with Crippen LogP contribution >= 0.6 is 0 Å². The van der Waals surface area contributed by atoms with E-state index in [0.717, 1.165) is 51.0 Å². The number of aromatic nitrogens is 1. The molecule has 180 valence electrons. The van der Waals surface area contributed by atoms with Gasteiger partial charge in [0.25, 0.3) is 5.91 Å². The number of nitrogens with zero attached hydrogens (tertiary/aromatic N) is 3. The first-order valence-electron chi connectivity index (χ1n) is 11.0. The van der Waals surface area contributed by atoms with Crippen LogP contribution in [0.3, 0.4) is 0 Å². The molecule has 1 aromatic carbocycles. The molecule has 3 heterocycles. The van der Waals surface area contributed by atoms with Crippen molar-refractivity contribution < 1.29 is 27.9 Å². The molecule has 1 N–H and O–H groups in total. The molecule has 2 saturated heterocycles. The first-order chi connectivity index (χ1) is 15.6. The van der Waals surface area contributed by atoms with Gasteiger partial charge < -0.3 is 19.5 Å². The fraction of sp³-hybridized carbons (Fsp3) is 0.522. The zero-order valence-corrected chi connectivity index (χ0v) is 18.5. The number of fused-ring (bicyclic) bond motifs is 1. The number of alkyl halides is 3. The summed E-state index contributed by atoms with van der Waals surface area (Å²) >= 11 is 0. The van der Waals surface area contributed by atoms with Gasteiger partial charge in [-0.15, -0.1) is 0 Å². The zero-order valence-electron chi connectivity index (χ0n) is 18.5. The third-order valence-corrected chi connectivity index (χ3v) is 6.12. The highest BCUT2D eigenvalue weighted by Crippen LogP contribution is 2.22. The minimum absolute atomic E-state index is 0.0970. The molecule has 0 radical (unpaired) electrons. The molecule has 33 heavy (non-hydrogen) atoms. The smallest absolute Gasteiger partial charge is 0.475 e. The van der Waals surface area contributed by atoms with Gasteiger partial charge in [0.05, 0.1) is 5.52 Å². The van der Waals surface area contributed by atoms with Gasteiger partial charge in [0.15, 0.2) is 0 Å². The van der Waals surface area contributed by atoms with Crippen LogP contribution < -0.4 is 5.43 Å². The first kappa shape index (κ1) is 24.8. The molecule has 2 aromatic rings. The Bertz CT molecular complexity index is 1060. The maximum Gasteiger partial charge on any atom is 0.490 e. The Labute approximate surface area is 189 Å². The molecule has 0 spiro atoms. The number of benzene rings is 1. The highest BCUT2D eigenvalue weighted by Gasteiger charge is 2.38. The van der Waals surface area contributed by atoms with Crippen LogP contribution in [0.2, 0.25) is 0 Å². The average molecular weight is 467 g/mol. The number of para-hydroxylation sites is 1. The van der Waals surface area contributed by atoms with E-state index in [2.05, 4.69) is 4.90 Å². The quantitative estimate of drug-likeness (QED) is 0.749. The molecule has 0 saturated carbocycles. The number of aryl methyl sites for hydroxylation is 1. The molecule has 2 fully saturated rings. The van der Waals surface area contributed by atoms with Crippen LogP contribution in [-0.2, 0) is 11.8 Å². The van der Waals surface area contributed by atoms with Gasteiger partial charge in [-0.25, -0.2) is 4.79 Å².